The molecular formula is C18H26N2. The summed E-state index contributed by atoms with van der Waals surface area (Å²) in [6, 6.07) is 11.0. The Bertz CT molecular complexity index is 444. The Morgan fingerprint density at radius 2 is 1.85 bits per heavy atom. The van der Waals surface area contributed by atoms with E-state index < -0.39 is 0 Å². The first-order valence-electron chi connectivity index (χ1n) is 8.37. The fourth-order valence-corrected chi connectivity index (χ4v) is 4.96. The molecule has 3 aliphatic rings. The Morgan fingerprint density at radius 1 is 1.05 bits per heavy atom. The molecule has 0 aromatic heterocycles. The van der Waals surface area contributed by atoms with Crippen molar-refractivity contribution in [3.63, 3.8) is 0 Å². The highest BCUT2D eigenvalue weighted by Crippen LogP contribution is 2.45. The average molecular weight is 270 g/mol. The normalized spacial score (nSPS) is 32.6. The third kappa shape index (κ3) is 2.19. The third-order valence-corrected chi connectivity index (χ3v) is 5.94. The predicted octanol–water partition coefficient (Wildman–Crippen LogP) is 3.04. The predicted molar refractivity (Wildman–Crippen MR) is 82.5 cm³/mol. The summed E-state index contributed by atoms with van der Waals surface area (Å²) < 4.78 is 0. The second-order valence-corrected chi connectivity index (χ2v) is 7.14. The first-order valence-corrected chi connectivity index (χ1v) is 8.37. The monoisotopic (exact) mass is 270 g/mol. The molecule has 1 spiro atoms. The van der Waals surface area contributed by atoms with Gasteiger partial charge in [-0.3, -0.25) is 4.90 Å². The lowest BCUT2D eigenvalue weighted by molar-refractivity contribution is 0.177. The minimum atomic E-state index is 0.508. The number of hydrogen-bond donors (Lipinski definition) is 1. The summed E-state index contributed by atoms with van der Waals surface area (Å²) >= 11 is 0. The maximum atomic E-state index is 3.93. The van der Waals surface area contributed by atoms with Crippen molar-refractivity contribution in [3.8, 4) is 0 Å². The molecule has 2 heteroatoms. The van der Waals surface area contributed by atoms with Crippen molar-refractivity contribution in [1.29, 1.82) is 0 Å². The molecule has 20 heavy (non-hydrogen) atoms. The molecule has 1 aliphatic carbocycles. The highest BCUT2D eigenvalue weighted by molar-refractivity contribution is 5.16. The molecule has 4 rings (SSSR count). The fraction of sp³-hybridized carbons (Fsp3) is 0.667. The number of hydrogen-bond acceptors (Lipinski definition) is 2. The molecule has 0 radical (unpaired) electrons. The molecular weight excluding hydrogens is 244 g/mol. The highest BCUT2D eigenvalue weighted by Gasteiger charge is 2.51. The Labute approximate surface area is 122 Å². The number of likely N-dealkylation sites (tertiary alicyclic amines) is 1. The maximum Gasteiger partial charge on any atom is 0.0233 e. The molecule has 1 N–H and O–H groups in total. The van der Waals surface area contributed by atoms with E-state index in [0.29, 0.717) is 5.54 Å². The average Bonchev–Trinajstić information content (AvgIpc) is 3.03. The van der Waals surface area contributed by atoms with Gasteiger partial charge in [0.1, 0.15) is 0 Å². The van der Waals surface area contributed by atoms with Crippen LogP contribution in [-0.4, -0.2) is 30.1 Å². The summed E-state index contributed by atoms with van der Waals surface area (Å²) in [7, 11) is 0. The summed E-state index contributed by atoms with van der Waals surface area (Å²) in [6.07, 6.45) is 7.18. The number of nitrogens with zero attached hydrogens (tertiary/aromatic N) is 1. The van der Waals surface area contributed by atoms with Crippen LogP contribution in [0.15, 0.2) is 30.3 Å². The van der Waals surface area contributed by atoms with E-state index in [0.717, 1.165) is 18.4 Å². The van der Waals surface area contributed by atoms with Crippen LogP contribution in [-0.2, 0) is 6.54 Å². The van der Waals surface area contributed by atoms with Gasteiger partial charge < -0.3 is 5.32 Å². The van der Waals surface area contributed by atoms with Crippen LogP contribution in [0.5, 0.6) is 0 Å². The van der Waals surface area contributed by atoms with Crippen LogP contribution in [0.25, 0.3) is 0 Å². The van der Waals surface area contributed by atoms with Crippen molar-refractivity contribution in [3.05, 3.63) is 35.9 Å². The van der Waals surface area contributed by atoms with Gasteiger partial charge in [0.05, 0.1) is 0 Å². The van der Waals surface area contributed by atoms with Crippen molar-refractivity contribution in [2.75, 3.05) is 19.6 Å². The van der Waals surface area contributed by atoms with Gasteiger partial charge in [0, 0.05) is 31.7 Å². The van der Waals surface area contributed by atoms with Crippen molar-refractivity contribution in [2.45, 2.75) is 44.2 Å². The third-order valence-electron chi connectivity index (χ3n) is 5.94. The van der Waals surface area contributed by atoms with Gasteiger partial charge >= 0.3 is 0 Å². The summed E-state index contributed by atoms with van der Waals surface area (Å²) in [6.45, 7) is 5.01. The molecule has 0 bridgehead atoms. The van der Waals surface area contributed by atoms with Crippen molar-refractivity contribution in [1.82, 2.24) is 10.2 Å². The Morgan fingerprint density at radius 3 is 2.65 bits per heavy atom. The zero-order valence-corrected chi connectivity index (χ0v) is 12.4. The molecule has 2 saturated heterocycles. The molecule has 108 valence electrons. The molecule has 0 unspecified atom stereocenters. The van der Waals surface area contributed by atoms with Crippen LogP contribution in [0.4, 0.5) is 0 Å². The zero-order chi connectivity index (χ0) is 13.4. The van der Waals surface area contributed by atoms with E-state index in [9.17, 15) is 0 Å². The molecule has 2 nitrogen and oxygen atoms in total. The molecule has 2 heterocycles. The van der Waals surface area contributed by atoms with Crippen molar-refractivity contribution >= 4 is 0 Å². The molecule has 3 fully saturated rings. The first-order chi connectivity index (χ1) is 9.86. The molecule has 2 atom stereocenters. The van der Waals surface area contributed by atoms with Gasteiger partial charge in [-0.05, 0) is 30.2 Å². The highest BCUT2D eigenvalue weighted by atomic mass is 15.2. The van der Waals surface area contributed by atoms with Crippen LogP contribution in [0.1, 0.15) is 37.7 Å². The number of benzene rings is 1. The van der Waals surface area contributed by atoms with Crippen LogP contribution in [0.3, 0.4) is 0 Å². The lowest BCUT2D eigenvalue weighted by atomic mass is 9.72. The van der Waals surface area contributed by atoms with Crippen LogP contribution in [0.2, 0.25) is 0 Å². The lowest BCUT2D eigenvalue weighted by Crippen LogP contribution is -2.48. The standard InChI is InChI=1S/C18H26N2/c1-3-7-15(8-4-1)12-20-13-16-11-19-18(17(16)14-20)9-5-2-6-10-18/h1,3-4,7-8,16-17,19H,2,5-6,9-14H2/t16-,17+/m0/s1. The summed E-state index contributed by atoms with van der Waals surface area (Å²) in [5.41, 5.74) is 1.98. The van der Waals surface area contributed by atoms with E-state index in [1.165, 1.54) is 57.3 Å². The van der Waals surface area contributed by atoms with E-state index in [1.54, 1.807) is 0 Å². The van der Waals surface area contributed by atoms with Gasteiger partial charge in [0.25, 0.3) is 0 Å². The molecule has 0 amide bonds. The minimum absolute atomic E-state index is 0.508. The first kappa shape index (κ1) is 12.8. The maximum absolute atomic E-state index is 3.93. The summed E-state index contributed by atoms with van der Waals surface area (Å²) in [4.78, 5) is 2.70. The lowest BCUT2D eigenvalue weighted by Gasteiger charge is -2.39. The summed E-state index contributed by atoms with van der Waals surface area (Å²) in [5.74, 6) is 1.81. The van der Waals surface area contributed by atoms with E-state index in [2.05, 4.69) is 40.5 Å². The van der Waals surface area contributed by atoms with Crippen molar-refractivity contribution < 1.29 is 0 Å². The quantitative estimate of drug-likeness (QED) is 0.888. The molecule has 1 aromatic carbocycles. The number of fused-ring (bicyclic) bond motifs is 2. The van der Waals surface area contributed by atoms with Gasteiger partial charge in [0.2, 0.25) is 0 Å². The topological polar surface area (TPSA) is 15.3 Å². The smallest absolute Gasteiger partial charge is 0.0233 e. The van der Waals surface area contributed by atoms with E-state index in [-0.39, 0.29) is 0 Å². The van der Waals surface area contributed by atoms with Crippen LogP contribution >= 0.6 is 0 Å². The Balaban J connectivity index is 1.45. The molecule has 2 aliphatic heterocycles. The fourth-order valence-electron chi connectivity index (χ4n) is 4.96. The molecule has 1 aromatic rings. The second-order valence-electron chi connectivity index (χ2n) is 7.14. The van der Waals surface area contributed by atoms with E-state index >= 15 is 0 Å². The van der Waals surface area contributed by atoms with Gasteiger partial charge in [0.15, 0.2) is 0 Å². The second kappa shape index (κ2) is 5.16. The van der Waals surface area contributed by atoms with Crippen LogP contribution < -0.4 is 5.32 Å². The SMILES string of the molecule is c1ccc(CN2C[C@@H]3CNC4(CCCCC4)[C@@H]3C2)cc1. The van der Waals surface area contributed by atoms with Gasteiger partial charge in [-0.15, -0.1) is 0 Å². The Hall–Kier alpha value is -0.860. The van der Waals surface area contributed by atoms with Crippen molar-refractivity contribution in [2.24, 2.45) is 11.8 Å². The van der Waals surface area contributed by atoms with Gasteiger partial charge in [-0.2, -0.15) is 0 Å². The van der Waals surface area contributed by atoms with E-state index in [4.69, 9.17) is 0 Å². The van der Waals surface area contributed by atoms with E-state index in [1.807, 2.05) is 0 Å². The van der Waals surface area contributed by atoms with Gasteiger partial charge in [-0.1, -0.05) is 49.6 Å². The van der Waals surface area contributed by atoms with Crippen LogP contribution in [0, 0.1) is 11.8 Å². The Kier molecular flexibility index (Phi) is 3.31. The number of nitrogens with one attached hydrogen (secondary N) is 1. The largest absolute Gasteiger partial charge is 0.311 e. The zero-order valence-electron chi connectivity index (χ0n) is 12.4. The molecule has 1 saturated carbocycles. The summed E-state index contributed by atoms with van der Waals surface area (Å²) in [5, 5.41) is 3.93. The number of rotatable bonds is 2. The van der Waals surface area contributed by atoms with Gasteiger partial charge in [-0.25, -0.2) is 0 Å². The minimum Gasteiger partial charge on any atom is -0.311 e.